The van der Waals surface area contributed by atoms with Crippen LogP contribution in [0.1, 0.15) is 21.6 Å². The molecule has 0 bridgehead atoms. The largest absolute Gasteiger partial charge is 0.504 e. The van der Waals surface area contributed by atoms with Crippen molar-refractivity contribution >= 4 is 12.1 Å². The number of rotatable bonds is 4. The van der Waals surface area contributed by atoms with E-state index in [-0.39, 0.29) is 22.6 Å². The molecule has 2 rings (SSSR count). The van der Waals surface area contributed by atoms with Crippen LogP contribution in [0.25, 0.3) is 0 Å². The van der Waals surface area contributed by atoms with E-state index in [0.29, 0.717) is 11.3 Å². The third-order valence-corrected chi connectivity index (χ3v) is 2.83. The summed E-state index contributed by atoms with van der Waals surface area (Å²) in [5.41, 5.74) is 2.98. The Morgan fingerprint density at radius 1 is 1.43 bits per heavy atom. The summed E-state index contributed by atoms with van der Waals surface area (Å²) < 4.78 is 4.96. The highest BCUT2D eigenvalue weighted by atomic mass is 16.5. The fraction of sp³-hybridized carbons (Fsp3) is 0.154. The number of carbonyl (C=O) groups excluding carboxylic acids is 1. The van der Waals surface area contributed by atoms with Gasteiger partial charge in [0, 0.05) is 5.56 Å². The van der Waals surface area contributed by atoms with E-state index in [2.05, 4.69) is 20.7 Å². The topological polar surface area (TPSA) is 120 Å². The van der Waals surface area contributed by atoms with Crippen molar-refractivity contribution in [3.05, 3.63) is 45.4 Å². The van der Waals surface area contributed by atoms with Gasteiger partial charge in [0.15, 0.2) is 11.5 Å². The van der Waals surface area contributed by atoms with Gasteiger partial charge in [0.25, 0.3) is 11.5 Å². The zero-order valence-electron chi connectivity index (χ0n) is 11.4. The van der Waals surface area contributed by atoms with Crippen molar-refractivity contribution in [2.24, 2.45) is 5.10 Å². The van der Waals surface area contributed by atoms with Gasteiger partial charge in [0.05, 0.1) is 13.3 Å². The summed E-state index contributed by atoms with van der Waals surface area (Å²) in [6.07, 6.45) is 1.39. The SMILES string of the molecule is COc1cc(/C=N/NC(=O)c2[nH][nH]c(=O)c2C)ccc1O. The minimum absolute atomic E-state index is 0.0132. The first-order valence-electron chi connectivity index (χ1n) is 6.00. The molecule has 0 aliphatic rings. The third-order valence-electron chi connectivity index (χ3n) is 2.83. The van der Waals surface area contributed by atoms with E-state index in [4.69, 9.17) is 4.74 Å². The Kier molecular flexibility index (Phi) is 4.07. The van der Waals surface area contributed by atoms with Crippen LogP contribution in [0.15, 0.2) is 28.1 Å². The summed E-state index contributed by atoms with van der Waals surface area (Å²) in [6.45, 7) is 1.53. The number of nitrogens with one attached hydrogen (secondary N) is 3. The smallest absolute Gasteiger partial charge is 0.289 e. The van der Waals surface area contributed by atoms with Crippen molar-refractivity contribution < 1.29 is 14.6 Å². The van der Waals surface area contributed by atoms with E-state index in [1.165, 1.54) is 26.3 Å². The molecule has 110 valence electrons. The molecule has 8 heteroatoms. The lowest BCUT2D eigenvalue weighted by Crippen LogP contribution is -2.19. The van der Waals surface area contributed by atoms with Crippen LogP contribution in [0.4, 0.5) is 0 Å². The molecule has 1 aromatic carbocycles. The van der Waals surface area contributed by atoms with Gasteiger partial charge in [-0.1, -0.05) is 0 Å². The van der Waals surface area contributed by atoms with Gasteiger partial charge in [-0.25, -0.2) is 5.43 Å². The summed E-state index contributed by atoms with van der Waals surface area (Å²) in [5, 5.41) is 18.0. The first-order chi connectivity index (χ1) is 10.0. The Morgan fingerprint density at radius 2 is 2.19 bits per heavy atom. The fourth-order valence-electron chi connectivity index (χ4n) is 1.64. The van der Waals surface area contributed by atoms with Gasteiger partial charge >= 0.3 is 0 Å². The minimum Gasteiger partial charge on any atom is -0.504 e. The highest BCUT2D eigenvalue weighted by Crippen LogP contribution is 2.25. The highest BCUT2D eigenvalue weighted by molar-refractivity contribution is 5.94. The van der Waals surface area contributed by atoms with Crippen LogP contribution in [0.3, 0.4) is 0 Å². The molecule has 0 aliphatic carbocycles. The van der Waals surface area contributed by atoms with Gasteiger partial charge in [-0.05, 0) is 30.7 Å². The number of nitrogens with zero attached hydrogens (tertiary/aromatic N) is 1. The van der Waals surface area contributed by atoms with Crippen molar-refractivity contribution in [2.45, 2.75) is 6.92 Å². The molecule has 0 radical (unpaired) electrons. The van der Waals surface area contributed by atoms with Crippen LogP contribution in [-0.4, -0.2) is 34.5 Å². The first kappa shape index (κ1) is 14.4. The lowest BCUT2D eigenvalue weighted by Gasteiger charge is -2.03. The predicted octanol–water partition coefficient (Wildman–Crippen LogP) is 0.490. The molecular formula is C13H14N4O4. The zero-order valence-corrected chi connectivity index (χ0v) is 11.4. The first-order valence-corrected chi connectivity index (χ1v) is 6.00. The lowest BCUT2D eigenvalue weighted by molar-refractivity contribution is 0.0949. The van der Waals surface area contributed by atoms with Crippen LogP contribution in [0.5, 0.6) is 11.5 Å². The Hall–Kier alpha value is -3.03. The number of ether oxygens (including phenoxy) is 1. The van der Waals surface area contributed by atoms with E-state index in [1.807, 2.05) is 0 Å². The number of aromatic hydroxyl groups is 1. The number of aromatic amines is 2. The van der Waals surface area contributed by atoms with Gasteiger partial charge < -0.3 is 9.84 Å². The Balaban J connectivity index is 2.07. The molecule has 1 amide bonds. The molecule has 0 saturated carbocycles. The highest BCUT2D eigenvalue weighted by Gasteiger charge is 2.12. The Bertz CT molecular complexity index is 745. The second-order valence-corrected chi connectivity index (χ2v) is 4.21. The number of hydrogen-bond donors (Lipinski definition) is 4. The van der Waals surface area contributed by atoms with Crippen LogP contribution in [0, 0.1) is 6.92 Å². The summed E-state index contributed by atoms with van der Waals surface area (Å²) in [7, 11) is 1.43. The quantitative estimate of drug-likeness (QED) is 0.484. The van der Waals surface area contributed by atoms with Gasteiger partial charge in [-0.3, -0.25) is 19.8 Å². The molecule has 0 aliphatic heterocycles. The Labute approximate surface area is 119 Å². The molecule has 1 aromatic heterocycles. The normalized spacial score (nSPS) is 10.8. The fourth-order valence-corrected chi connectivity index (χ4v) is 1.64. The van der Waals surface area contributed by atoms with Crippen LogP contribution < -0.4 is 15.7 Å². The number of phenols is 1. The second kappa shape index (κ2) is 5.95. The van der Waals surface area contributed by atoms with Gasteiger partial charge in [-0.15, -0.1) is 0 Å². The number of carbonyl (C=O) groups is 1. The van der Waals surface area contributed by atoms with Gasteiger partial charge in [0.2, 0.25) is 0 Å². The molecule has 0 unspecified atom stereocenters. The van der Waals surface area contributed by atoms with E-state index >= 15 is 0 Å². The van der Waals surface area contributed by atoms with Gasteiger partial charge in [0.1, 0.15) is 5.69 Å². The average molecular weight is 290 g/mol. The number of hydrazone groups is 1. The molecule has 8 nitrogen and oxygen atoms in total. The second-order valence-electron chi connectivity index (χ2n) is 4.21. The van der Waals surface area contributed by atoms with Crippen molar-refractivity contribution in [3.63, 3.8) is 0 Å². The summed E-state index contributed by atoms with van der Waals surface area (Å²) >= 11 is 0. The molecule has 0 spiro atoms. The maximum Gasteiger partial charge on any atom is 0.289 e. The molecule has 4 N–H and O–H groups in total. The van der Waals surface area contributed by atoms with Crippen molar-refractivity contribution in [1.29, 1.82) is 0 Å². The van der Waals surface area contributed by atoms with E-state index in [9.17, 15) is 14.7 Å². The predicted molar refractivity (Wildman–Crippen MR) is 75.9 cm³/mol. The number of phenolic OH excluding ortho intramolecular Hbond substituents is 1. The maximum absolute atomic E-state index is 11.8. The number of H-pyrrole nitrogens is 2. The molecule has 0 saturated heterocycles. The van der Waals surface area contributed by atoms with Crippen molar-refractivity contribution in [3.8, 4) is 11.5 Å². The average Bonchev–Trinajstić information content (AvgIpc) is 2.80. The summed E-state index contributed by atoms with van der Waals surface area (Å²) in [6, 6.07) is 4.63. The summed E-state index contributed by atoms with van der Waals surface area (Å²) in [5.74, 6) is -0.219. The van der Waals surface area contributed by atoms with Crippen molar-refractivity contribution in [1.82, 2.24) is 15.6 Å². The minimum atomic E-state index is -0.534. The zero-order chi connectivity index (χ0) is 15.4. The molecule has 21 heavy (non-hydrogen) atoms. The monoisotopic (exact) mass is 290 g/mol. The molecular weight excluding hydrogens is 276 g/mol. The molecule has 2 aromatic rings. The third kappa shape index (κ3) is 3.11. The van der Waals surface area contributed by atoms with Crippen LogP contribution >= 0.6 is 0 Å². The Morgan fingerprint density at radius 3 is 2.81 bits per heavy atom. The summed E-state index contributed by atoms with van der Waals surface area (Å²) in [4.78, 5) is 23.0. The number of amides is 1. The van der Waals surface area contributed by atoms with E-state index < -0.39 is 5.91 Å². The number of aromatic nitrogens is 2. The molecule has 0 fully saturated rings. The van der Waals surface area contributed by atoms with Crippen LogP contribution in [0.2, 0.25) is 0 Å². The maximum atomic E-state index is 11.8. The number of benzene rings is 1. The van der Waals surface area contributed by atoms with E-state index in [1.54, 1.807) is 12.1 Å². The van der Waals surface area contributed by atoms with E-state index in [0.717, 1.165) is 0 Å². The molecule has 0 atom stereocenters. The lowest BCUT2D eigenvalue weighted by atomic mass is 10.2. The standard InChI is InChI=1S/C13H14N4O4/c1-7-11(15-17-12(7)19)13(20)16-14-6-8-3-4-9(18)10(5-8)21-2/h3-6,18H,1-2H3,(H,16,20)(H2,15,17,19)/b14-6+. The number of methoxy groups -OCH3 is 1. The molecule has 1 heterocycles. The van der Waals surface area contributed by atoms with Crippen molar-refractivity contribution in [2.75, 3.05) is 7.11 Å². The number of hydrogen-bond acceptors (Lipinski definition) is 5. The van der Waals surface area contributed by atoms with Crippen LogP contribution in [-0.2, 0) is 0 Å². The van der Waals surface area contributed by atoms with Gasteiger partial charge in [-0.2, -0.15) is 5.10 Å².